The molecule has 0 amide bonds. The zero-order chi connectivity index (χ0) is 17.3. The van der Waals surface area contributed by atoms with Gasteiger partial charge in [-0.3, -0.25) is 19.3 Å². The molecule has 0 aliphatic carbocycles. The largest absolute Gasteiger partial charge is 0.329 e. The minimum atomic E-state index is -0.507. The Balaban J connectivity index is 2.08. The third-order valence-corrected chi connectivity index (χ3v) is 3.55. The van der Waals surface area contributed by atoms with E-state index in [1.54, 1.807) is 30.2 Å². The molecule has 3 aromatic heterocycles. The van der Waals surface area contributed by atoms with Crippen LogP contribution in [0.3, 0.4) is 0 Å². The number of aromatic amines is 1. The van der Waals surface area contributed by atoms with Gasteiger partial charge in [0.15, 0.2) is 11.2 Å². The summed E-state index contributed by atoms with van der Waals surface area (Å²) in [4.78, 5) is 34.5. The van der Waals surface area contributed by atoms with Gasteiger partial charge in [0.1, 0.15) is 0 Å². The van der Waals surface area contributed by atoms with Crippen molar-refractivity contribution in [2.24, 2.45) is 12.1 Å². The summed E-state index contributed by atoms with van der Waals surface area (Å²) in [5, 5.41) is 4.15. The van der Waals surface area contributed by atoms with E-state index in [0.717, 1.165) is 5.56 Å². The van der Waals surface area contributed by atoms with Crippen LogP contribution in [0.1, 0.15) is 25.5 Å². The van der Waals surface area contributed by atoms with Crippen molar-refractivity contribution >= 4 is 23.3 Å². The quantitative estimate of drug-likeness (QED) is 0.545. The molecule has 0 aliphatic rings. The van der Waals surface area contributed by atoms with Gasteiger partial charge < -0.3 is 4.57 Å². The highest BCUT2D eigenvalue weighted by Gasteiger charge is 2.18. The van der Waals surface area contributed by atoms with Crippen LogP contribution < -0.4 is 16.7 Å². The van der Waals surface area contributed by atoms with Gasteiger partial charge in [-0.25, -0.2) is 10.2 Å². The molecular formula is C15H17N7O2. The number of fused-ring (bicyclic) bond motifs is 1. The fourth-order valence-electron chi connectivity index (χ4n) is 2.40. The Bertz CT molecular complexity index is 1010. The smallest absolute Gasteiger partial charge is 0.300 e. The Morgan fingerprint density at radius 1 is 1.29 bits per heavy atom. The van der Waals surface area contributed by atoms with E-state index < -0.39 is 11.2 Å². The van der Waals surface area contributed by atoms with Crippen LogP contribution in [0.15, 0.2) is 39.2 Å². The summed E-state index contributed by atoms with van der Waals surface area (Å²) in [6.07, 6.45) is 4.95. The van der Waals surface area contributed by atoms with E-state index in [9.17, 15) is 9.59 Å². The molecule has 2 N–H and O–H groups in total. The highest BCUT2D eigenvalue weighted by molar-refractivity contribution is 5.80. The van der Waals surface area contributed by atoms with Crippen molar-refractivity contribution in [1.82, 2.24) is 24.1 Å². The van der Waals surface area contributed by atoms with E-state index in [4.69, 9.17) is 0 Å². The Labute approximate surface area is 136 Å². The monoisotopic (exact) mass is 327 g/mol. The third kappa shape index (κ3) is 2.71. The van der Waals surface area contributed by atoms with Crippen molar-refractivity contribution in [2.45, 2.75) is 19.9 Å². The van der Waals surface area contributed by atoms with Gasteiger partial charge >= 0.3 is 5.69 Å². The molecule has 0 aromatic carbocycles. The first-order valence-electron chi connectivity index (χ1n) is 7.39. The molecule has 3 heterocycles. The van der Waals surface area contributed by atoms with Crippen LogP contribution in [0.4, 0.5) is 5.95 Å². The van der Waals surface area contributed by atoms with Crippen molar-refractivity contribution in [3.05, 3.63) is 50.9 Å². The highest BCUT2D eigenvalue weighted by atomic mass is 16.2. The maximum absolute atomic E-state index is 12.2. The molecule has 24 heavy (non-hydrogen) atoms. The topological polar surface area (TPSA) is 110 Å². The van der Waals surface area contributed by atoms with Gasteiger partial charge in [-0.2, -0.15) is 10.1 Å². The summed E-state index contributed by atoms with van der Waals surface area (Å²) in [6, 6.07) is 3.57. The highest BCUT2D eigenvalue weighted by Crippen LogP contribution is 2.20. The van der Waals surface area contributed by atoms with Crippen LogP contribution >= 0.6 is 0 Å². The summed E-state index contributed by atoms with van der Waals surface area (Å²) >= 11 is 0. The predicted octanol–water partition coefficient (Wildman–Crippen LogP) is 0.845. The molecule has 0 spiro atoms. The Morgan fingerprint density at radius 3 is 2.67 bits per heavy atom. The van der Waals surface area contributed by atoms with E-state index >= 15 is 0 Å². The molecule has 3 rings (SSSR count). The molecule has 0 saturated heterocycles. The molecule has 0 saturated carbocycles. The van der Waals surface area contributed by atoms with Crippen molar-refractivity contribution in [2.75, 3.05) is 5.43 Å². The summed E-state index contributed by atoms with van der Waals surface area (Å²) < 4.78 is 3.00. The molecule has 0 aliphatic heterocycles. The lowest BCUT2D eigenvalue weighted by molar-refractivity contribution is 0.620. The standard InChI is InChI=1S/C15H17N7O2/c1-9(2)22-11-12(21(3)15(24)19-13(11)23)18-14(22)20-17-8-10-4-6-16-7-5-10/h4-9H,1-3H3,(H,18,20)(H,19,23,24)/b17-8+. The van der Waals surface area contributed by atoms with Crippen LogP contribution in [0, 0.1) is 0 Å². The van der Waals surface area contributed by atoms with Crippen LogP contribution in [0.25, 0.3) is 11.2 Å². The van der Waals surface area contributed by atoms with Crippen molar-refractivity contribution < 1.29 is 0 Å². The van der Waals surface area contributed by atoms with Crippen molar-refractivity contribution in [1.29, 1.82) is 0 Å². The zero-order valence-electron chi connectivity index (χ0n) is 13.5. The molecule has 3 aromatic rings. The predicted molar refractivity (Wildman–Crippen MR) is 91.4 cm³/mol. The van der Waals surface area contributed by atoms with Gasteiger partial charge in [-0.05, 0) is 31.5 Å². The van der Waals surface area contributed by atoms with Crippen LogP contribution in [-0.4, -0.2) is 30.3 Å². The number of anilines is 1. The number of H-pyrrole nitrogens is 1. The van der Waals surface area contributed by atoms with Gasteiger partial charge in [0, 0.05) is 25.5 Å². The minimum absolute atomic E-state index is 0.0489. The fourth-order valence-corrected chi connectivity index (χ4v) is 2.40. The molecule has 0 bridgehead atoms. The number of nitrogens with zero attached hydrogens (tertiary/aromatic N) is 5. The number of imidazole rings is 1. The normalized spacial score (nSPS) is 11.7. The number of hydrogen-bond donors (Lipinski definition) is 2. The second kappa shape index (κ2) is 6.11. The fraction of sp³-hybridized carbons (Fsp3) is 0.267. The lowest BCUT2D eigenvalue weighted by Crippen LogP contribution is -2.29. The average molecular weight is 327 g/mol. The number of hydrazone groups is 1. The van der Waals surface area contributed by atoms with Crippen LogP contribution in [0.2, 0.25) is 0 Å². The van der Waals surface area contributed by atoms with Crippen LogP contribution in [-0.2, 0) is 7.05 Å². The lowest BCUT2D eigenvalue weighted by Gasteiger charge is -2.11. The molecule has 9 heteroatoms. The summed E-state index contributed by atoms with van der Waals surface area (Å²) in [5.41, 5.74) is 3.36. The summed E-state index contributed by atoms with van der Waals surface area (Å²) in [5.74, 6) is 0.386. The van der Waals surface area contributed by atoms with E-state index in [-0.39, 0.29) is 6.04 Å². The maximum atomic E-state index is 12.2. The van der Waals surface area contributed by atoms with Gasteiger partial charge in [0.2, 0.25) is 5.95 Å². The number of pyridine rings is 1. The molecule has 0 radical (unpaired) electrons. The molecular weight excluding hydrogens is 310 g/mol. The lowest BCUT2D eigenvalue weighted by atomic mass is 10.3. The van der Waals surface area contributed by atoms with E-state index in [0.29, 0.717) is 17.1 Å². The first-order valence-corrected chi connectivity index (χ1v) is 7.39. The average Bonchev–Trinajstić information content (AvgIpc) is 2.94. The maximum Gasteiger partial charge on any atom is 0.329 e. The summed E-state index contributed by atoms with van der Waals surface area (Å²) in [7, 11) is 1.56. The van der Waals surface area contributed by atoms with Crippen molar-refractivity contribution in [3.8, 4) is 0 Å². The number of nitrogens with one attached hydrogen (secondary N) is 2. The molecule has 0 fully saturated rings. The SMILES string of the molecule is CC(C)n1c(N/N=C/c2ccncc2)nc2c1c(=O)[nH]c(=O)n2C. The third-order valence-electron chi connectivity index (χ3n) is 3.55. The molecule has 124 valence electrons. The Kier molecular flexibility index (Phi) is 3.98. The Hall–Kier alpha value is -3.23. The number of rotatable bonds is 4. The van der Waals surface area contributed by atoms with E-state index in [2.05, 4.69) is 25.5 Å². The van der Waals surface area contributed by atoms with Gasteiger partial charge in [0.25, 0.3) is 5.56 Å². The number of aryl methyl sites for hydroxylation is 1. The second-order valence-electron chi connectivity index (χ2n) is 5.54. The van der Waals surface area contributed by atoms with Gasteiger partial charge in [0.05, 0.1) is 6.21 Å². The van der Waals surface area contributed by atoms with E-state index in [1.807, 2.05) is 26.0 Å². The number of aromatic nitrogens is 5. The number of hydrogen-bond acceptors (Lipinski definition) is 6. The summed E-state index contributed by atoms with van der Waals surface area (Å²) in [6.45, 7) is 3.84. The first kappa shape index (κ1) is 15.7. The molecule has 0 atom stereocenters. The minimum Gasteiger partial charge on any atom is -0.300 e. The second-order valence-corrected chi connectivity index (χ2v) is 5.54. The molecule has 0 unspecified atom stereocenters. The van der Waals surface area contributed by atoms with E-state index in [1.165, 1.54) is 4.57 Å². The van der Waals surface area contributed by atoms with Gasteiger partial charge in [-0.1, -0.05) is 0 Å². The first-order chi connectivity index (χ1) is 11.5. The Morgan fingerprint density at radius 2 is 2.00 bits per heavy atom. The van der Waals surface area contributed by atoms with Crippen LogP contribution in [0.5, 0.6) is 0 Å². The van der Waals surface area contributed by atoms with Gasteiger partial charge in [-0.15, -0.1) is 0 Å². The molecule has 9 nitrogen and oxygen atoms in total. The zero-order valence-corrected chi connectivity index (χ0v) is 13.5. The van der Waals surface area contributed by atoms with Crippen molar-refractivity contribution in [3.63, 3.8) is 0 Å².